The molecule has 0 aromatic heterocycles. The van der Waals surface area contributed by atoms with E-state index in [0.29, 0.717) is 18.3 Å². The summed E-state index contributed by atoms with van der Waals surface area (Å²) in [5.74, 6) is 0.411. The Kier molecular flexibility index (Phi) is 2.33. The van der Waals surface area contributed by atoms with Crippen LogP contribution in [0, 0.1) is 0 Å². The van der Waals surface area contributed by atoms with Gasteiger partial charge in [0.1, 0.15) is 5.75 Å². The smallest absolute Gasteiger partial charge is 0.120 e. The number of nitrogens with zero attached hydrogens (tertiary/aromatic N) is 1. The average Bonchev–Trinajstić information content (AvgIpc) is 2.48. The fourth-order valence-electron chi connectivity index (χ4n) is 2.16. The lowest BCUT2D eigenvalue weighted by Crippen LogP contribution is -2.29. The molecule has 2 rings (SSSR count). The van der Waals surface area contributed by atoms with E-state index in [4.69, 9.17) is 5.73 Å². The number of phenols is 1. The SMILES string of the molecule is CN1c2cccc(O)c2CC1CCN. The summed E-state index contributed by atoms with van der Waals surface area (Å²) < 4.78 is 0. The average molecular weight is 192 g/mol. The molecule has 3 nitrogen and oxygen atoms in total. The Balaban J connectivity index is 2.30. The summed E-state index contributed by atoms with van der Waals surface area (Å²) in [5.41, 5.74) is 7.76. The molecule has 1 unspecified atom stereocenters. The van der Waals surface area contributed by atoms with Gasteiger partial charge in [-0.3, -0.25) is 0 Å². The minimum atomic E-state index is 0.411. The number of phenolic OH excluding ortho intramolecular Hbond substituents is 1. The highest BCUT2D eigenvalue weighted by atomic mass is 16.3. The summed E-state index contributed by atoms with van der Waals surface area (Å²) in [6.45, 7) is 0.698. The van der Waals surface area contributed by atoms with E-state index in [-0.39, 0.29) is 0 Å². The number of likely N-dealkylation sites (N-methyl/N-ethyl adjacent to an activating group) is 1. The molecule has 14 heavy (non-hydrogen) atoms. The van der Waals surface area contributed by atoms with Crippen LogP contribution < -0.4 is 10.6 Å². The molecule has 1 atom stereocenters. The van der Waals surface area contributed by atoms with Crippen molar-refractivity contribution in [2.24, 2.45) is 5.73 Å². The Labute approximate surface area is 84.1 Å². The largest absolute Gasteiger partial charge is 0.508 e. The third-order valence-corrected chi connectivity index (χ3v) is 2.99. The van der Waals surface area contributed by atoms with Crippen molar-refractivity contribution in [3.8, 4) is 5.75 Å². The number of nitrogens with two attached hydrogens (primary N) is 1. The number of hydrogen-bond acceptors (Lipinski definition) is 3. The third-order valence-electron chi connectivity index (χ3n) is 2.99. The van der Waals surface area contributed by atoms with Gasteiger partial charge in [-0.15, -0.1) is 0 Å². The Hall–Kier alpha value is -1.22. The number of fused-ring (bicyclic) bond motifs is 1. The molecule has 1 heterocycles. The van der Waals surface area contributed by atoms with Gasteiger partial charge in [0.15, 0.2) is 0 Å². The van der Waals surface area contributed by atoms with E-state index < -0.39 is 0 Å². The Morgan fingerprint density at radius 2 is 2.36 bits per heavy atom. The van der Waals surface area contributed by atoms with Crippen LogP contribution >= 0.6 is 0 Å². The molecule has 0 saturated heterocycles. The van der Waals surface area contributed by atoms with E-state index in [0.717, 1.165) is 24.1 Å². The van der Waals surface area contributed by atoms with Gasteiger partial charge in [0, 0.05) is 24.3 Å². The van der Waals surface area contributed by atoms with Crippen LogP contribution in [0.25, 0.3) is 0 Å². The first-order chi connectivity index (χ1) is 6.74. The van der Waals surface area contributed by atoms with Crippen molar-refractivity contribution in [3.05, 3.63) is 23.8 Å². The number of rotatable bonds is 2. The molecule has 0 spiro atoms. The fraction of sp³-hybridized carbons (Fsp3) is 0.455. The maximum absolute atomic E-state index is 9.68. The molecule has 3 heteroatoms. The van der Waals surface area contributed by atoms with E-state index in [1.165, 1.54) is 0 Å². The van der Waals surface area contributed by atoms with Gasteiger partial charge in [0.2, 0.25) is 0 Å². The second-order valence-electron chi connectivity index (χ2n) is 3.82. The molecule has 3 N–H and O–H groups in total. The molecule has 0 fully saturated rings. The van der Waals surface area contributed by atoms with Crippen LogP contribution in [0.2, 0.25) is 0 Å². The van der Waals surface area contributed by atoms with Crippen LogP contribution in [-0.2, 0) is 6.42 Å². The zero-order valence-electron chi connectivity index (χ0n) is 8.40. The first-order valence-electron chi connectivity index (χ1n) is 4.97. The topological polar surface area (TPSA) is 49.5 Å². The molecule has 0 saturated carbocycles. The Morgan fingerprint density at radius 1 is 1.57 bits per heavy atom. The zero-order valence-corrected chi connectivity index (χ0v) is 8.40. The first kappa shape index (κ1) is 9.34. The van der Waals surface area contributed by atoms with Crippen LogP contribution in [0.1, 0.15) is 12.0 Å². The molecule has 1 aromatic carbocycles. The van der Waals surface area contributed by atoms with E-state index in [1.807, 2.05) is 12.1 Å². The maximum Gasteiger partial charge on any atom is 0.120 e. The highest BCUT2D eigenvalue weighted by molar-refractivity contribution is 5.63. The molecule has 1 aliphatic rings. The highest BCUT2D eigenvalue weighted by Gasteiger charge is 2.27. The summed E-state index contributed by atoms with van der Waals surface area (Å²) in [4.78, 5) is 2.21. The van der Waals surface area contributed by atoms with Gasteiger partial charge in [0.25, 0.3) is 0 Å². The molecule has 0 amide bonds. The number of hydrogen-bond donors (Lipinski definition) is 2. The Morgan fingerprint density at radius 3 is 3.00 bits per heavy atom. The molecule has 1 aliphatic heterocycles. The standard InChI is InChI=1S/C11H16N2O/c1-13-8(5-6-12)7-9-10(13)3-2-4-11(9)14/h2-4,8,14H,5-7,12H2,1H3. The van der Waals surface area contributed by atoms with Crippen LogP contribution in [-0.4, -0.2) is 24.7 Å². The molecular formula is C11H16N2O. The van der Waals surface area contributed by atoms with Crippen molar-refractivity contribution in [1.82, 2.24) is 0 Å². The van der Waals surface area contributed by atoms with E-state index in [9.17, 15) is 5.11 Å². The van der Waals surface area contributed by atoms with E-state index in [1.54, 1.807) is 6.07 Å². The van der Waals surface area contributed by atoms with Crippen molar-refractivity contribution in [1.29, 1.82) is 0 Å². The summed E-state index contributed by atoms with van der Waals surface area (Å²) in [7, 11) is 2.06. The van der Waals surface area contributed by atoms with Gasteiger partial charge in [0.05, 0.1) is 0 Å². The van der Waals surface area contributed by atoms with Crippen molar-refractivity contribution in [2.75, 3.05) is 18.5 Å². The lowest BCUT2D eigenvalue weighted by Gasteiger charge is -2.21. The lowest BCUT2D eigenvalue weighted by atomic mass is 10.1. The number of benzene rings is 1. The summed E-state index contributed by atoms with van der Waals surface area (Å²) in [5, 5.41) is 9.68. The van der Waals surface area contributed by atoms with E-state index >= 15 is 0 Å². The summed E-state index contributed by atoms with van der Waals surface area (Å²) >= 11 is 0. The Bertz CT molecular complexity index is 338. The van der Waals surface area contributed by atoms with Crippen LogP contribution in [0.15, 0.2) is 18.2 Å². The molecule has 76 valence electrons. The van der Waals surface area contributed by atoms with Gasteiger partial charge in [-0.05, 0) is 31.5 Å². The number of aromatic hydroxyl groups is 1. The monoisotopic (exact) mass is 192 g/mol. The predicted octanol–water partition coefficient (Wildman–Crippen LogP) is 1.10. The van der Waals surface area contributed by atoms with Crippen molar-refractivity contribution in [3.63, 3.8) is 0 Å². The van der Waals surface area contributed by atoms with Crippen LogP contribution in [0.4, 0.5) is 5.69 Å². The lowest BCUT2D eigenvalue weighted by molar-refractivity contribution is 0.468. The second-order valence-corrected chi connectivity index (χ2v) is 3.82. The van der Waals surface area contributed by atoms with Crippen LogP contribution in [0.3, 0.4) is 0 Å². The van der Waals surface area contributed by atoms with Gasteiger partial charge >= 0.3 is 0 Å². The predicted molar refractivity (Wildman–Crippen MR) is 57.7 cm³/mol. The highest BCUT2D eigenvalue weighted by Crippen LogP contribution is 2.37. The number of anilines is 1. The van der Waals surface area contributed by atoms with Gasteiger partial charge < -0.3 is 15.7 Å². The van der Waals surface area contributed by atoms with Gasteiger partial charge in [-0.2, -0.15) is 0 Å². The zero-order chi connectivity index (χ0) is 10.1. The molecule has 0 bridgehead atoms. The molecule has 0 aliphatic carbocycles. The maximum atomic E-state index is 9.68. The normalized spacial score (nSPS) is 19.9. The van der Waals surface area contributed by atoms with Gasteiger partial charge in [-0.1, -0.05) is 6.07 Å². The van der Waals surface area contributed by atoms with Crippen molar-refractivity contribution < 1.29 is 5.11 Å². The minimum absolute atomic E-state index is 0.411. The third kappa shape index (κ3) is 1.34. The van der Waals surface area contributed by atoms with E-state index in [2.05, 4.69) is 11.9 Å². The first-order valence-corrected chi connectivity index (χ1v) is 4.97. The van der Waals surface area contributed by atoms with Gasteiger partial charge in [-0.25, -0.2) is 0 Å². The minimum Gasteiger partial charge on any atom is -0.508 e. The van der Waals surface area contributed by atoms with Crippen LogP contribution in [0.5, 0.6) is 5.75 Å². The summed E-state index contributed by atoms with van der Waals surface area (Å²) in [6, 6.07) is 6.13. The van der Waals surface area contributed by atoms with Crippen molar-refractivity contribution in [2.45, 2.75) is 18.9 Å². The molecule has 0 radical (unpaired) electrons. The molecular weight excluding hydrogens is 176 g/mol. The second kappa shape index (κ2) is 3.50. The summed E-state index contributed by atoms with van der Waals surface area (Å²) in [6.07, 6.45) is 1.89. The fourth-order valence-corrected chi connectivity index (χ4v) is 2.16. The molecule has 1 aromatic rings. The van der Waals surface area contributed by atoms with Crippen molar-refractivity contribution >= 4 is 5.69 Å². The quantitative estimate of drug-likeness (QED) is 0.737.